The summed E-state index contributed by atoms with van der Waals surface area (Å²) in [5.74, 6) is 0. The molecule has 2 aromatic rings. The van der Waals surface area contributed by atoms with Crippen molar-refractivity contribution < 1.29 is 0 Å². The highest BCUT2D eigenvalue weighted by Crippen LogP contribution is 2.22. The number of pyridine rings is 1. The largest absolute Gasteiger partial charge is 0.236 e. The molecule has 3 heteroatoms. The van der Waals surface area contributed by atoms with E-state index in [4.69, 9.17) is 11.6 Å². The van der Waals surface area contributed by atoms with E-state index in [0.717, 1.165) is 11.3 Å². The van der Waals surface area contributed by atoms with Gasteiger partial charge in [-0.3, -0.25) is 0 Å². The second-order valence-electron chi connectivity index (χ2n) is 3.07. The Morgan fingerprint density at radius 2 is 1.80 bits per heavy atom. The summed E-state index contributed by atoms with van der Waals surface area (Å²) in [5.41, 5.74) is 2.01. The quantitative estimate of drug-likeness (QED) is 0.574. The maximum absolute atomic E-state index is 5.84. The minimum atomic E-state index is 0.529. The highest BCUT2D eigenvalue weighted by atomic mass is 35.5. The number of halogens is 1. The van der Waals surface area contributed by atoms with Crippen molar-refractivity contribution in [2.75, 3.05) is 6.26 Å². The van der Waals surface area contributed by atoms with Gasteiger partial charge in [0.15, 0.2) is 0 Å². The highest BCUT2D eigenvalue weighted by molar-refractivity contribution is 7.98. The second kappa shape index (κ2) is 4.69. The monoisotopic (exact) mass is 235 g/mol. The normalized spacial score (nSPS) is 10.3. The van der Waals surface area contributed by atoms with Crippen LogP contribution in [0.15, 0.2) is 47.4 Å². The summed E-state index contributed by atoms with van der Waals surface area (Å²) in [6.07, 6.45) is 2.06. The van der Waals surface area contributed by atoms with Crippen LogP contribution in [0.2, 0.25) is 5.15 Å². The first-order valence-corrected chi connectivity index (χ1v) is 6.17. The summed E-state index contributed by atoms with van der Waals surface area (Å²) in [4.78, 5) is 5.51. The van der Waals surface area contributed by atoms with Crippen LogP contribution < -0.4 is 0 Å². The summed E-state index contributed by atoms with van der Waals surface area (Å²) in [6.45, 7) is 0. The molecule has 0 spiro atoms. The van der Waals surface area contributed by atoms with Gasteiger partial charge in [0.25, 0.3) is 0 Å². The Kier molecular flexibility index (Phi) is 3.29. The van der Waals surface area contributed by atoms with Crippen molar-refractivity contribution in [1.29, 1.82) is 0 Å². The van der Waals surface area contributed by atoms with Gasteiger partial charge in [-0.1, -0.05) is 29.8 Å². The van der Waals surface area contributed by atoms with Gasteiger partial charge in [-0.15, -0.1) is 11.8 Å². The predicted octanol–water partition coefficient (Wildman–Crippen LogP) is 4.12. The summed E-state index contributed by atoms with van der Waals surface area (Å²) in [6, 6.07) is 13.9. The van der Waals surface area contributed by atoms with Gasteiger partial charge in [-0.25, -0.2) is 4.98 Å². The van der Waals surface area contributed by atoms with E-state index in [1.54, 1.807) is 17.8 Å². The molecule has 0 bridgehead atoms. The molecule has 0 amide bonds. The van der Waals surface area contributed by atoms with Crippen molar-refractivity contribution in [1.82, 2.24) is 4.98 Å². The van der Waals surface area contributed by atoms with Crippen LogP contribution in [0.3, 0.4) is 0 Å². The number of hydrogen-bond acceptors (Lipinski definition) is 2. The maximum Gasteiger partial charge on any atom is 0.129 e. The van der Waals surface area contributed by atoms with Crippen LogP contribution in [0.25, 0.3) is 11.3 Å². The molecule has 0 aliphatic rings. The van der Waals surface area contributed by atoms with Crippen molar-refractivity contribution in [2.45, 2.75) is 4.90 Å². The molecule has 0 saturated carbocycles. The molecule has 1 nitrogen and oxygen atoms in total. The van der Waals surface area contributed by atoms with Crippen LogP contribution in [-0.2, 0) is 0 Å². The molecule has 0 aliphatic carbocycles. The molecule has 1 aromatic heterocycles. The van der Waals surface area contributed by atoms with Gasteiger partial charge in [0.1, 0.15) is 5.15 Å². The molecule has 0 atom stereocenters. The van der Waals surface area contributed by atoms with Crippen molar-refractivity contribution in [3.05, 3.63) is 47.6 Å². The van der Waals surface area contributed by atoms with Crippen molar-refractivity contribution in [3.63, 3.8) is 0 Å². The third kappa shape index (κ3) is 2.52. The average Bonchev–Trinajstić information content (AvgIpc) is 2.29. The van der Waals surface area contributed by atoms with Crippen LogP contribution in [0.4, 0.5) is 0 Å². The molecule has 0 aliphatic heterocycles. The van der Waals surface area contributed by atoms with E-state index in [1.807, 2.05) is 12.1 Å². The molecule has 2 rings (SSSR count). The summed E-state index contributed by atoms with van der Waals surface area (Å²) >= 11 is 7.57. The van der Waals surface area contributed by atoms with Gasteiger partial charge in [-0.2, -0.15) is 0 Å². The fourth-order valence-corrected chi connectivity index (χ4v) is 1.90. The fraction of sp³-hybridized carbons (Fsp3) is 0.0833. The van der Waals surface area contributed by atoms with E-state index in [-0.39, 0.29) is 0 Å². The molecule has 0 saturated heterocycles. The number of rotatable bonds is 2. The number of benzene rings is 1. The van der Waals surface area contributed by atoms with E-state index in [1.165, 1.54) is 4.90 Å². The second-order valence-corrected chi connectivity index (χ2v) is 4.34. The molecular weight excluding hydrogens is 226 g/mol. The van der Waals surface area contributed by atoms with Crippen LogP contribution >= 0.6 is 23.4 Å². The van der Waals surface area contributed by atoms with Gasteiger partial charge in [0.05, 0.1) is 5.69 Å². The molecule has 0 radical (unpaired) electrons. The van der Waals surface area contributed by atoms with Crippen molar-refractivity contribution in [3.8, 4) is 11.3 Å². The van der Waals surface area contributed by atoms with Gasteiger partial charge in [0, 0.05) is 10.5 Å². The number of thioether (sulfide) groups is 1. The number of hydrogen-bond donors (Lipinski definition) is 0. The Hall–Kier alpha value is -0.990. The summed E-state index contributed by atoms with van der Waals surface area (Å²) in [7, 11) is 0. The summed E-state index contributed by atoms with van der Waals surface area (Å²) in [5, 5.41) is 0.529. The predicted molar refractivity (Wildman–Crippen MR) is 66.5 cm³/mol. The van der Waals surface area contributed by atoms with E-state index in [0.29, 0.717) is 5.15 Å². The zero-order valence-corrected chi connectivity index (χ0v) is 9.85. The van der Waals surface area contributed by atoms with Gasteiger partial charge < -0.3 is 0 Å². The number of aromatic nitrogens is 1. The smallest absolute Gasteiger partial charge is 0.129 e. The lowest BCUT2D eigenvalue weighted by molar-refractivity contribution is 1.32. The van der Waals surface area contributed by atoms with Crippen LogP contribution in [0.5, 0.6) is 0 Å². The van der Waals surface area contributed by atoms with Crippen molar-refractivity contribution >= 4 is 23.4 Å². The van der Waals surface area contributed by atoms with Crippen LogP contribution in [0, 0.1) is 0 Å². The Balaban J connectivity index is 2.37. The highest BCUT2D eigenvalue weighted by Gasteiger charge is 1.99. The Labute approximate surface area is 98.5 Å². The molecule has 15 heavy (non-hydrogen) atoms. The summed E-state index contributed by atoms with van der Waals surface area (Å²) < 4.78 is 0. The topological polar surface area (TPSA) is 12.9 Å². The maximum atomic E-state index is 5.84. The lowest BCUT2D eigenvalue weighted by Crippen LogP contribution is -1.83. The van der Waals surface area contributed by atoms with E-state index in [2.05, 4.69) is 35.5 Å². The number of nitrogens with zero attached hydrogens (tertiary/aromatic N) is 1. The third-order valence-corrected chi connectivity index (χ3v) is 3.05. The Morgan fingerprint density at radius 3 is 2.40 bits per heavy atom. The Morgan fingerprint density at radius 1 is 1.07 bits per heavy atom. The molecular formula is C12H10ClNS. The fourth-order valence-electron chi connectivity index (χ4n) is 1.33. The van der Waals surface area contributed by atoms with E-state index >= 15 is 0 Å². The first-order valence-electron chi connectivity index (χ1n) is 4.56. The Bertz CT molecular complexity index is 453. The third-order valence-electron chi connectivity index (χ3n) is 2.10. The molecule has 0 fully saturated rings. The molecule has 0 unspecified atom stereocenters. The van der Waals surface area contributed by atoms with Gasteiger partial charge >= 0.3 is 0 Å². The molecule has 1 heterocycles. The molecule has 76 valence electrons. The lowest BCUT2D eigenvalue weighted by atomic mass is 10.1. The zero-order valence-electron chi connectivity index (χ0n) is 8.27. The molecule has 0 N–H and O–H groups in total. The average molecular weight is 236 g/mol. The van der Waals surface area contributed by atoms with Gasteiger partial charge in [0.2, 0.25) is 0 Å². The standard InChI is InChI=1S/C12H10ClNS/c1-15-10-7-5-9(6-8-10)11-3-2-4-12(13)14-11/h2-8H,1H3. The zero-order chi connectivity index (χ0) is 10.7. The minimum Gasteiger partial charge on any atom is -0.236 e. The first kappa shape index (κ1) is 10.5. The lowest BCUT2D eigenvalue weighted by Gasteiger charge is -2.02. The van der Waals surface area contributed by atoms with Crippen molar-refractivity contribution in [2.24, 2.45) is 0 Å². The minimum absolute atomic E-state index is 0.529. The van der Waals surface area contributed by atoms with Gasteiger partial charge in [-0.05, 0) is 30.5 Å². The van der Waals surface area contributed by atoms with Crippen LogP contribution in [-0.4, -0.2) is 11.2 Å². The van der Waals surface area contributed by atoms with E-state index in [9.17, 15) is 0 Å². The van der Waals surface area contributed by atoms with E-state index < -0.39 is 0 Å². The van der Waals surface area contributed by atoms with Crippen LogP contribution in [0.1, 0.15) is 0 Å². The SMILES string of the molecule is CSc1ccc(-c2cccc(Cl)n2)cc1. The molecule has 1 aromatic carbocycles. The first-order chi connectivity index (χ1) is 7.29.